The summed E-state index contributed by atoms with van der Waals surface area (Å²) in [6.45, 7) is 1.54. The summed E-state index contributed by atoms with van der Waals surface area (Å²) < 4.78 is 33.3. The van der Waals surface area contributed by atoms with E-state index in [1.807, 2.05) is 0 Å². The van der Waals surface area contributed by atoms with Gasteiger partial charge in [-0.1, -0.05) is 34.2 Å². The highest BCUT2D eigenvalue weighted by Gasteiger charge is 2.26. The Morgan fingerprint density at radius 2 is 2.07 bits per heavy atom. The normalized spacial score (nSPS) is 11.1. The molecule has 0 saturated heterocycles. The first-order chi connectivity index (χ1) is 12.9. The molecule has 0 aliphatic carbocycles. The monoisotopic (exact) mass is 405 g/mol. The van der Waals surface area contributed by atoms with Gasteiger partial charge in [-0.15, -0.1) is 0 Å². The van der Waals surface area contributed by atoms with E-state index in [0.717, 1.165) is 11.3 Å². The molecule has 4 aromatic rings. The van der Waals surface area contributed by atoms with E-state index in [9.17, 15) is 13.6 Å². The minimum absolute atomic E-state index is 0.000237. The number of aryl methyl sites for hydroxylation is 1. The summed E-state index contributed by atoms with van der Waals surface area (Å²) in [5.74, 6) is -1.40. The number of nitrogens with zero attached hydrogens (tertiary/aromatic N) is 2. The molecule has 2 aromatic heterocycles. The summed E-state index contributed by atoms with van der Waals surface area (Å²) in [5.41, 5.74) is 0.580. The maximum Gasteiger partial charge on any atom is 0.263 e. The molecule has 0 fully saturated rings. The Labute approximate surface area is 160 Å². The van der Waals surface area contributed by atoms with Crippen LogP contribution in [-0.4, -0.2) is 16.0 Å². The molecule has 9 heteroatoms. The molecule has 1 amide bonds. The third-order valence-corrected chi connectivity index (χ3v) is 5.11. The number of thiazole rings is 1. The first-order valence-corrected chi connectivity index (χ1v) is 8.91. The maximum atomic E-state index is 14.2. The van der Waals surface area contributed by atoms with Gasteiger partial charge in [-0.2, -0.15) is 0 Å². The van der Waals surface area contributed by atoms with Crippen molar-refractivity contribution in [1.29, 1.82) is 0 Å². The molecule has 0 radical (unpaired) electrons. The quantitative estimate of drug-likeness (QED) is 0.492. The van der Waals surface area contributed by atoms with E-state index < -0.39 is 17.5 Å². The predicted molar refractivity (Wildman–Crippen MR) is 99.2 cm³/mol. The topological polar surface area (TPSA) is 68.0 Å². The minimum Gasteiger partial charge on any atom is -0.360 e. The zero-order valence-corrected chi connectivity index (χ0v) is 15.3. The van der Waals surface area contributed by atoms with Gasteiger partial charge in [0.1, 0.15) is 28.7 Å². The van der Waals surface area contributed by atoms with Crippen LogP contribution >= 0.6 is 22.9 Å². The molecule has 0 atom stereocenters. The van der Waals surface area contributed by atoms with Crippen LogP contribution in [0.1, 0.15) is 16.1 Å². The molecular formula is C18H10ClF2N3O2S. The second kappa shape index (κ2) is 6.71. The Kier molecular flexibility index (Phi) is 4.37. The number of fused-ring (bicyclic) bond motifs is 1. The van der Waals surface area contributed by atoms with Crippen LogP contribution in [0.5, 0.6) is 0 Å². The number of rotatable bonds is 3. The van der Waals surface area contributed by atoms with E-state index in [2.05, 4.69) is 15.5 Å². The minimum atomic E-state index is -0.625. The summed E-state index contributed by atoms with van der Waals surface area (Å²) in [5, 5.41) is 6.80. The molecule has 27 heavy (non-hydrogen) atoms. The Morgan fingerprint density at radius 3 is 2.85 bits per heavy atom. The number of nitrogens with one attached hydrogen (secondary N) is 1. The third kappa shape index (κ3) is 3.17. The highest BCUT2D eigenvalue weighted by molar-refractivity contribution is 7.22. The lowest BCUT2D eigenvalue weighted by Crippen LogP contribution is -2.13. The van der Waals surface area contributed by atoms with Crippen LogP contribution in [0.3, 0.4) is 0 Å². The number of amides is 1. The van der Waals surface area contributed by atoms with Crippen molar-refractivity contribution in [1.82, 2.24) is 10.1 Å². The molecule has 0 aliphatic heterocycles. The van der Waals surface area contributed by atoms with Crippen LogP contribution in [0.25, 0.3) is 21.5 Å². The molecule has 0 bridgehead atoms. The average Bonchev–Trinajstić information content (AvgIpc) is 3.17. The molecule has 0 spiro atoms. The van der Waals surface area contributed by atoms with E-state index >= 15 is 0 Å². The van der Waals surface area contributed by atoms with Crippen molar-refractivity contribution >= 4 is 44.2 Å². The standard InChI is InChI=1S/C18H10ClF2N3O2S/c1-8-14(16(24-26-8)15-10(19)3-2-4-11(15)21)17(25)23-18-22-12-6-5-9(20)7-13(12)27-18/h2-7H,1H3,(H,22,23,25). The summed E-state index contributed by atoms with van der Waals surface area (Å²) in [6.07, 6.45) is 0. The summed E-state index contributed by atoms with van der Waals surface area (Å²) in [7, 11) is 0. The SMILES string of the molecule is Cc1onc(-c2c(F)cccc2Cl)c1C(=O)Nc1nc2ccc(F)cc2s1. The third-order valence-electron chi connectivity index (χ3n) is 3.86. The molecule has 2 aromatic carbocycles. The molecule has 5 nitrogen and oxygen atoms in total. The molecule has 1 N–H and O–H groups in total. The van der Waals surface area contributed by atoms with Gasteiger partial charge in [0.2, 0.25) is 0 Å². The van der Waals surface area contributed by atoms with Crippen molar-refractivity contribution in [3.05, 3.63) is 64.4 Å². The fourth-order valence-electron chi connectivity index (χ4n) is 2.65. The highest BCUT2D eigenvalue weighted by Crippen LogP contribution is 2.34. The van der Waals surface area contributed by atoms with Crippen LogP contribution in [0.15, 0.2) is 40.9 Å². The first kappa shape index (κ1) is 17.6. The number of aromatic nitrogens is 2. The Bertz CT molecular complexity index is 1170. The predicted octanol–water partition coefficient (Wildman–Crippen LogP) is 5.44. The number of anilines is 1. The number of hydrogen-bond donors (Lipinski definition) is 1. The fourth-order valence-corrected chi connectivity index (χ4v) is 3.78. The molecule has 0 saturated carbocycles. The zero-order chi connectivity index (χ0) is 19.1. The van der Waals surface area contributed by atoms with Gasteiger partial charge in [0, 0.05) is 0 Å². The van der Waals surface area contributed by atoms with Crippen LogP contribution < -0.4 is 5.32 Å². The largest absolute Gasteiger partial charge is 0.360 e. The van der Waals surface area contributed by atoms with Crippen molar-refractivity contribution < 1.29 is 18.1 Å². The molecule has 4 rings (SSSR count). The molecule has 2 heterocycles. The lowest BCUT2D eigenvalue weighted by Gasteiger charge is -2.05. The number of hydrogen-bond acceptors (Lipinski definition) is 5. The molecule has 0 unspecified atom stereocenters. The van der Waals surface area contributed by atoms with Gasteiger partial charge in [0.05, 0.1) is 20.8 Å². The van der Waals surface area contributed by atoms with Crippen LogP contribution in [-0.2, 0) is 0 Å². The lowest BCUT2D eigenvalue weighted by molar-refractivity contribution is 0.102. The number of carbonyl (C=O) groups excluding carboxylic acids is 1. The maximum absolute atomic E-state index is 14.2. The van der Waals surface area contributed by atoms with E-state index in [1.165, 1.54) is 43.3 Å². The second-order valence-corrected chi connectivity index (χ2v) is 7.08. The van der Waals surface area contributed by atoms with E-state index in [-0.39, 0.29) is 32.7 Å². The highest BCUT2D eigenvalue weighted by atomic mass is 35.5. The van der Waals surface area contributed by atoms with Gasteiger partial charge >= 0.3 is 0 Å². The van der Waals surface area contributed by atoms with Gasteiger partial charge in [-0.3, -0.25) is 10.1 Å². The van der Waals surface area contributed by atoms with Crippen molar-refractivity contribution in [3.63, 3.8) is 0 Å². The molecule has 136 valence electrons. The van der Waals surface area contributed by atoms with Crippen molar-refractivity contribution in [3.8, 4) is 11.3 Å². The van der Waals surface area contributed by atoms with Gasteiger partial charge in [0.25, 0.3) is 5.91 Å². The first-order valence-electron chi connectivity index (χ1n) is 7.72. The Morgan fingerprint density at radius 1 is 1.26 bits per heavy atom. The molecular weight excluding hydrogens is 396 g/mol. The van der Waals surface area contributed by atoms with E-state index in [0.29, 0.717) is 10.2 Å². The summed E-state index contributed by atoms with van der Waals surface area (Å²) in [6, 6.07) is 8.30. The van der Waals surface area contributed by atoms with E-state index in [1.54, 1.807) is 0 Å². The Hall–Kier alpha value is -2.84. The van der Waals surface area contributed by atoms with Crippen molar-refractivity contribution in [2.45, 2.75) is 6.92 Å². The zero-order valence-electron chi connectivity index (χ0n) is 13.7. The van der Waals surface area contributed by atoms with Gasteiger partial charge in [0.15, 0.2) is 5.13 Å². The average molecular weight is 406 g/mol. The summed E-state index contributed by atoms with van der Waals surface area (Å²) in [4.78, 5) is 17.0. The number of benzene rings is 2. The van der Waals surface area contributed by atoms with Gasteiger partial charge in [-0.25, -0.2) is 13.8 Å². The smallest absolute Gasteiger partial charge is 0.263 e. The van der Waals surface area contributed by atoms with Crippen LogP contribution in [0.4, 0.5) is 13.9 Å². The molecule has 0 aliphatic rings. The number of halogens is 3. The lowest BCUT2D eigenvalue weighted by atomic mass is 10.1. The Balaban J connectivity index is 1.73. The summed E-state index contributed by atoms with van der Waals surface area (Å²) >= 11 is 7.20. The van der Waals surface area contributed by atoms with Gasteiger partial charge < -0.3 is 4.52 Å². The van der Waals surface area contributed by atoms with Crippen LogP contribution in [0, 0.1) is 18.6 Å². The fraction of sp³-hybridized carbons (Fsp3) is 0.0556. The van der Waals surface area contributed by atoms with Gasteiger partial charge in [-0.05, 0) is 37.3 Å². The van der Waals surface area contributed by atoms with E-state index in [4.69, 9.17) is 16.1 Å². The second-order valence-electron chi connectivity index (χ2n) is 5.64. The number of carbonyl (C=O) groups is 1. The van der Waals surface area contributed by atoms with Crippen LogP contribution in [0.2, 0.25) is 5.02 Å². The van der Waals surface area contributed by atoms with Crippen molar-refractivity contribution in [2.75, 3.05) is 5.32 Å². The van der Waals surface area contributed by atoms with Crippen molar-refractivity contribution in [2.24, 2.45) is 0 Å².